The Labute approximate surface area is 120 Å². The molecule has 0 saturated carbocycles. The summed E-state index contributed by atoms with van der Waals surface area (Å²) in [5.74, 6) is 2.38. The fraction of sp³-hybridized carbons (Fsp3) is 0.714. The van der Waals surface area contributed by atoms with E-state index >= 15 is 0 Å². The highest BCUT2D eigenvalue weighted by atomic mass is 35.5. The first kappa shape index (κ1) is 14.5. The molecule has 0 aliphatic carbocycles. The van der Waals surface area contributed by atoms with Crippen molar-refractivity contribution in [3.05, 3.63) is 17.5 Å². The highest BCUT2D eigenvalue weighted by Crippen LogP contribution is 2.26. The lowest BCUT2D eigenvalue weighted by Crippen LogP contribution is -2.38. The highest BCUT2D eigenvalue weighted by Gasteiger charge is 2.21. The van der Waals surface area contributed by atoms with Crippen molar-refractivity contribution in [2.24, 2.45) is 11.8 Å². The Kier molecular flexibility index (Phi) is 5.40. The predicted molar refractivity (Wildman–Crippen MR) is 79.7 cm³/mol. The van der Waals surface area contributed by atoms with Gasteiger partial charge in [0.1, 0.15) is 11.3 Å². The smallest absolute Gasteiger partial charge is 0.150 e. The van der Waals surface area contributed by atoms with Gasteiger partial charge < -0.3 is 10.2 Å². The summed E-state index contributed by atoms with van der Waals surface area (Å²) in [6.07, 6.45) is 5.63. The largest absolute Gasteiger partial charge is 0.355 e. The van der Waals surface area contributed by atoms with Crippen LogP contribution in [-0.4, -0.2) is 36.1 Å². The van der Waals surface area contributed by atoms with Crippen molar-refractivity contribution >= 4 is 17.4 Å². The summed E-state index contributed by atoms with van der Waals surface area (Å²) in [5, 5.41) is 4.20. The normalized spacial score (nSPS) is 17.2. The van der Waals surface area contributed by atoms with Crippen molar-refractivity contribution in [1.82, 2.24) is 15.3 Å². The van der Waals surface area contributed by atoms with Gasteiger partial charge in [0, 0.05) is 13.1 Å². The average molecular weight is 283 g/mol. The first-order chi connectivity index (χ1) is 9.16. The van der Waals surface area contributed by atoms with Crippen LogP contribution in [0.3, 0.4) is 0 Å². The number of hydrogen-bond acceptors (Lipinski definition) is 4. The molecule has 0 spiro atoms. The molecule has 1 aliphatic heterocycles. The summed E-state index contributed by atoms with van der Waals surface area (Å²) >= 11 is 6.13. The van der Waals surface area contributed by atoms with Crippen LogP contribution in [0.2, 0.25) is 5.02 Å². The number of nitrogens with one attached hydrogen (secondary N) is 1. The third-order valence-corrected chi connectivity index (χ3v) is 3.81. The van der Waals surface area contributed by atoms with Crippen LogP contribution in [0.4, 0.5) is 5.82 Å². The molecule has 0 bridgehead atoms. The standard InChI is InChI=1S/C14H23ClN4/c1-11(2)7-16-8-12-3-5-19(6-4-12)14-13(15)9-17-10-18-14/h9-12,16H,3-8H2,1-2H3. The number of anilines is 1. The van der Waals surface area contributed by atoms with E-state index < -0.39 is 0 Å². The molecule has 0 unspecified atom stereocenters. The van der Waals surface area contributed by atoms with Crippen LogP contribution in [0.25, 0.3) is 0 Å². The van der Waals surface area contributed by atoms with Crippen molar-refractivity contribution in [3.63, 3.8) is 0 Å². The highest BCUT2D eigenvalue weighted by molar-refractivity contribution is 6.32. The van der Waals surface area contributed by atoms with Crippen LogP contribution in [0.15, 0.2) is 12.5 Å². The van der Waals surface area contributed by atoms with Gasteiger partial charge in [0.15, 0.2) is 5.82 Å². The van der Waals surface area contributed by atoms with Crippen LogP contribution in [0, 0.1) is 11.8 Å². The second kappa shape index (κ2) is 7.06. The van der Waals surface area contributed by atoms with Gasteiger partial charge in [-0.3, -0.25) is 0 Å². The lowest BCUT2D eigenvalue weighted by atomic mass is 9.96. The minimum Gasteiger partial charge on any atom is -0.355 e. The Morgan fingerprint density at radius 3 is 2.79 bits per heavy atom. The Balaban J connectivity index is 1.78. The topological polar surface area (TPSA) is 41.0 Å². The zero-order valence-corrected chi connectivity index (χ0v) is 12.5. The Bertz CT molecular complexity index is 389. The van der Waals surface area contributed by atoms with Crippen molar-refractivity contribution in [1.29, 1.82) is 0 Å². The number of rotatable bonds is 5. The predicted octanol–water partition coefficient (Wildman–Crippen LogP) is 2.59. The number of nitrogens with zero attached hydrogens (tertiary/aromatic N) is 3. The van der Waals surface area contributed by atoms with Crippen molar-refractivity contribution < 1.29 is 0 Å². The van der Waals surface area contributed by atoms with E-state index in [9.17, 15) is 0 Å². The van der Waals surface area contributed by atoms with Crippen LogP contribution < -0.4 is 10.2 Å². The summed E-state index contributed by atoms with van der Waals surface area (Å²) in [6, 6.07) is 0. The van der Waals surface area contributed by atoms with E-state index in [1.807, 2.05) is 0 Å². The lowest BCUT2D eigenvalue weighted by Gasteiger charge is -2.33. The molecule has 2 rings (SSSR count). The van der Waals surface area contributed by atoms with Gasteiger partial charge >= 0.3 is 0 Å². The van der Waals surface area contributed by atoms with Gasteiger partial charge in [-0.25, -0.2) is 9.97 Å². The van der Waals surface area contributed by atoms with Crippen LogP contribution >= 0.6 is 11.6 Å². The van der Waals surface area contributed by atoms with Crippen molar-refractivity contribution in [3.8, 4) is 0 Å². The Morgan fingerprint density at radius 2 is 2.16 bits per heavy atom. The average Bonchev–Trinajstić information content (AvgIpc) is 2.40. The summed E-state index contributed by atoms with van der Waals surface area (Å²) in [5.41, 5.74) is 0. The number of aromatic nitrogens is 2. The molecule has 0 aromatic carbocycles. The zero-order valence-electron chi connectivity index (χ0n) is 11.8. The van der Waals surface area contributed by atoms with E-state index in [0.29, 0.717) is 5.02 Å². The molecule has 0 amide bonds. The van der Waals surface area contributed by atoms with E-state index in [4.69, 9.17) is 11.6 Å². The lowest BCUT2D eigenvalue weighted by molar-refractivity contribution is 0.373. The van der Waals surface area contributed by atoms with E-state index in [0.717, 1.165) is 43.8 Å². The minimum absolute atomic E-state index is 0.652. The van der Waals surface area contributed by atoms with Gasteiger partial charge in [-0.05, 0) is 37.8 Å². The summed E-state index contributed by atoms with van der Waals surface area (Å²) in [4.78, 5) is 10.5. The fourth-order valence-electron chi connectivity index (χ4n) is 2.46. The molecule has 4 nitrogen and oxygen atoms in total. The van der Waals surface area contributed by atoms with Gasteiger partial charge in [0.2, 0.25) is 0 Å². The molecular formula is C14H23ClN4. The van der Waals surface area contributed by atoms with Gasteiger partial charge in [0.25, 0.3) is 0 Å². The molecule has 1 N–H and O–H groups in total. The van der Waals surface area contributed by atoms with Gasteiger partial charge in [-0.15, -0.1) is 0 Å². The molecule has 19 heavy (non-hydrogen) atoms. The second-order valence-electron chi connectivity index (χ2n) is 5.68. The molecule has 1 aromatic heterocycles. The van der Waals surface area contributed by atoms with E-state index in [1.165, 1.54) is 12.8 Å². The Morgan fingerprint density at radius 1 is 1.42 bits per heavy atom. The molecule has 106 valence electrons. The molecule has 1 aliphatic rings. The maximum absolute atomic E-state index is 6.13. The third-order valence-electron chi connectivity index (χ3n) is 3.55. The van der Waals surface area contributed by atoms with E-state index in [1.54, 1.807) is 12.5 Å². The number of hydrogen-bond donors (Lipinski definition) is 1. The van der Waals surface area contributed by atoms with Crippen molar-refractivity contribution in [2.45, 2.75) is 26.7 Å². The monoisotopic (exact) mass is 282 g/mol. The minimum atomic E-state index is 0.652. The first-order valence-corrected chi connectivity index (χ1v) is 7.45. The molecule has 1 aromatic rings. The third kappa shape index (κ3) is 4.32. The molecule has 5 heteroatoms. The maximum Gasteiger partial charge on any atom is 0.150 e. The fourth-order valence-corrected chi connectivity index (χ4v) is 2.69. The van der Waals surface area contributed by atoms with Gasteiger partial charge in [-0.1, -0.05) is 25.4 Å². The Hall–Kier alpha value is -0.870. The molecule has 2 heterocycles. The zero-order chi connectivity index (χ0) is 13.7. The summed E-state index contributed by atoms with van der Waals surface area (Å²) in [7, 11) is 0. The molecule has 0 radical (unpaired) electrons. The van der Waals surface area contributed by atoms with E-state index in [2.05, 4.69) is 34.0 Å². The maximum atomic E-state index is 6.13. The molecule has 1 saturated heterocycles. The van der Waals surface area contributed by atoms with E-state index in [-0.39, 0.29) is 0 Å². The van der Waals surface area contributed by atoms with Gasteiger partial charge in [-0.2, -0.15) is 0 Å². The molecule has 0 atom stereocenters. The van der Waals surface area contributed by atoms with Gasteiger partial charge in [0.05, 0.1) is 6.20 Å². The van der Waals surface area contributed by atoms with Crippen LogP contribution in [0.5, 0.6) is 0 Å². The summed E-state index contributed by atoms with van der Waals surface area (Å²) < 4.78 is 0. The van der Waals surface area contributed by atoms with Crippen LogP contribution in [0.1, 0.15) is 26.7 Å². The summed E-state index contributed by atoms with van der Waals surface area (Å²) in [6.45, 7) is 8.79. The quantitative estimate of drug-likeness (QED) is 0.901. The van der Waals surface area contributed by atoms with Crippen molar-refractivity contribution in [2.75, 3.05) is 31.1 Å². The SMILES string of the molecule is CC(C)CNCC1CCN(c2ncncc2Cl)CC1. The van der Waals surface area contributed by atoms with Crippen LogP contribution in [-0.2, 0) is 0 Å². The molecule has 1 fully saturated rings. The molecular weight excluding hydrogens is 260 g/mol. The second-order valence-corrected chi connectivity index (χ2v) is 6.08. The number of piperidine rings is 1. The number of halogens is 1. The first-order valence-electron chi connectivity index (χ1n) is 7.08.